The highest BCUT2D eigenvalue weighted by molar-refractivity contribution is 5.30. The van der Waals surface area contributed by atoms with Crippen LogP contribution >= 0.6 is 0 Å². The molecular weight excluding hydrogens is 224 g/mol. The Morgan fingerprint density at radius 1 is 0.722 bits per heavy atom. The molecule has 2 aromatic rings. The third-order valence-electron chi connectivity index (χ3n) is 3.38. The van der Waals surface area contributed by atoms with Crippen molar-refractivity contribution in [2.45, 2.75) is 11.8 Å². The van der Waals surface area contributed by atoms with E-state index in [9.17, 15) is 10.2 Å². The lowest BCUT2D eigenvalue weighted by molar-refractivity contribution is 0.116. The van der Waals surface area contributed by atoms with Crippen LogP contribution in [0.5, 0.6) is 0 Å². The molecule has 0 fully saturated rings. The van der Waals surface area contributed by atoms with Crippen molar-refractivity contribution in [1.29, 1.82) is 0 Å². The van der Waals surface area contributed by atoms with Gasteiger partial charge < -0.3 is 10.2 Å². The van der Waals surface area contributed by atoms with Crippen molar-refractivity contribution in [3.05, 3.63) is 71.8 Å². The van der Waals surface area contributed by atoms with E-state index >= 15 is 0 Å². The van der Waals surface area contributed by atoms with E-state index in [1.807, 2.05) is 60.7 Å². The lowest BCUT2D eigenvalue weighted by atomic mass is 9.77. The van der Waals surface area contributed by atoms with E-state index in [0.29, 0.717) is 6.42 Å². The molecule has 2 heteroatoms. The number of aliphatic hydroxyl groups is 2. The minimum absolute atomic E-state index is 0.0671. The van der Waals surface area contributed by atoms with E-state index in [4.69, 9.17) is 0 Å². The molecule has 2 nitrogen and oxygen atoms in total. The van der Waals surface area contributed by atoms with Crippen molar-refractivity contribution in [1.82, 2.24) is 0 Å². The maximum atomic E-state index is 9.73. The summed E-state index contributed by atoms with van der Waals surface area (Å²) in [6.45, 7) is -0.134. The number of rotatable bonds is 5. The first-order chi connectivity index (χ1) is 8.80. The fourth-order valence-electron chi connectivity index (χ4n) is 2.22. The monoisotopic (exact) mass is 242 g/mol. The zero-order chi connectivity index (χ0) is 12.8. The van der Waals surface area contributed by atoms with Crippen LogP contribution in [-0.2, 0) is 11.8 Å². The van der Waals surface area contributed by atoms with Gasteiger partial charge in [-0.05, 0) is 17.5 Å². The van der Waals surface area contributed by atoms with E-state index in [1.165, 1.54) is 0 Å². The highest BCUT2D eigenvalue weighted by atomic mass is 16.3. The van der Waals surface area contributed by atoms with Crippen LogP contribution in [0.15, 0.2) is 60.7 Å². The van der Waals surface area contributed by atoms with Crippen molar-refractivity contribution >= 4 is 0 Å². The molecule has 94 valence electrons. The summed E-state index contributed by atoms with van der Waals surface area (Å²) in [6, 6.07) is 19.6. The first kappa shape index (κ1) is 12.8. The van der Waals surface area contributed by atoms with E-state index in [2.05, 4.69) is 0 Å². The molecule has 0 heterocycles. The third-order valence-corrected chi connectivity index (χ3v) is 3.38. The highest BCUT2D eigenvalue weighted by Crippen LogP contribution is 2.27. The Labute approximate surface area is 108 Å². The summed E-state index contributed by atoms with van der Waals surface area (Å²) >= 11 is 0. The van der Waals surface area contributed by atoms with E-state index in [-0.39, 0.29) is 13.2 Å². The fraction of sp³-hybridized carbons (Fsp3) is 0.250. The predicted octanol–water partition coefficient (Wildman–Crippen LogP) is 2.15. The predicted molar refractivity (Wildman–Crippen MR) is 72.4 cm³/mol. The van der Waals surface area contributed by atoms with E-state index in [0.717, 1.165) is 11.1 Å². The number of aliphatic hydroxyl groups excluding tert-OH is 2. The van der Waals surface area contributed by atoms with Crippen LogP contribution in [0.3, 0.4) is 0 Å². The van der Waals surface area contributed by atoms with Crippen molar-refractivity contribution in [2.24, 2.45) is 0 Å². The average molecular weight is 242 g/mol. The number of benzene rings is 2. The van der Waals surface area contributed by atoms with Crippen LogP contribution in [0, 0.1) is 0 Å². The van der Waals surface area contributed by atoms with Crippen molar-refractivity contribution in [3.8, 4) is 0 Å². The molecule has 0 unspecified atom stereocenters. The summed E-state index contributed by atoms with van der Waals surface area (Å²) in [5, 5.41) is 19.5. The molecule has 0 aliphatic carbocycles. The molecule has 0 aliphatic rings. The Kier molecular flexibility index (Phi) is 4.13. The zero-order valence-corrected chi connectivity index (χ0v) is 10.3. The lowest BCUT2D eigenvalue weighted by Crippen LogP contribution is -2.37. The van der Waals surface area contributed by atoms with E-state index < -0.39 is 5.41 Å². The molecule has 0 saturated carbocycles. The van der Waals surface area contributed by atoms with Gasteiger partial charge in [-0.3, -0.25) is 0 Å². The van der Waals surface area contributed by atoms with Crippen LogP contribution in [0.1, 0.15) is 11.1 Å². The Bertz CT molecular complexity index is 461. The van der Waals surface area contributed by atoms with Crippen LogP contribution in [0.4, 0.5) is 0 Å². The number of hydrogen-bond donors (Lipinski definition) is 2. The molecule has 2 N–H and O–H groups in total. The molecule has 0 bridgehead atoms. The van der Waals surface area contributed by atoms with Gasteiger partial charge in [-0.15, -0.1) is 0 Å². The van der Waals surface area contributed by atoms with Gasteiger partial charge in [0.05, 0.1) is 13.2 Å². The van der Waals surface area contributed by atoms with Gasteiger partial charge in [0.15, 0.2) is 0 Å². The molecule has 2 aromatic carbocycles. The smallest absolute Gasteiger partial charge is 0.0553 e. The number of hydrogen-bond acceptors (Lipinski definition) is 2. The van der Waals surface area contributed by atoms with Gasteiger partial charge in [0.2, 0.25) is 0 Å². The largest absolute Gasteiger partial charge is 0.395 e. The Morgan fingerprint density at radius 2 is 1.22 bits per heavy atom. The topological polar surface area (TPSA) is 40.5 Å². The fourth-order valence-corrected chi connectivity index (χ4v) is 2.22. The molecule has 0 aromatic heterocycles. The molecule has 0 atom stereocenters. The van der Waals surface area contributed by atoms with Gasteiger partial charge in [0.25, 0.3) is 0 Å². The second kappa shape index (κ2) is 5.80. The minimum Gasteiger partial charge on any atom is -0.395 e. The molecule has 0 amide bonds. The molecule has 18 heavy (non-hydrogen) atoms. The maximum Gasteiger partial charge on any atom is 0.0553 e. The molecule has 0 spiro atoms. The first-order valence-electron chi connectivity index (χ1n) is 6.12. The van der Waals surface area contributed by atoms with Gasteiger partial charge in [-0.25, -0.2) is 0 Å². The molecular formula is C16H18O2. The Morgan fingerprint density at radius 3 is 1.72 bits per heavy atom. The second-order valence-electron chi connectivity index (χ2n) is 4.62. The minimum atomic E-state index is -0.609. The Hall–Kier alpha value is -1.64. The van der Waals surface area contributed by atoms with Crippen LogP contribution in [-0.4, -0.2) is 23.4 Å². The van der Waals surface area contributed by atoms with E-state index in [1.54, 1.807) is 0 Å². The Balaban J connectivity index is 2.33. The lowest BCUT2D eigenvalue weighted by Gasteiger charge is -2.30. The van der Waals surface area contributed by atoms with Gasteiger partial charge in [0.1, 0.15) is 0 Å². The second-order valence-corrected chi connectivity index (χ2v) is 4.62. The van der Waals surface area contributed by atoms with Crippen LogP contribution < -0.4 is 0 Å². The summed E-state index contributed by atoms with van der Waals surface area (Å²) in [4.78, 5) is 0. The maximum absolute atomic E-state index is 9.73. The molecule has 0 radical (unpaired) electrons. The SMILES string of the molecule is OCC(CO)(Cc1ccccc1)c1ccccc1. The standard InChI is InChI=1S/C16H18O2/c17-12-16(13-18,15-9-5-2-6-10-15)11-14-7-3-1-4-8-14/h1-10,17-18H,11-13H2. The quantitative estimate of drug-likeness (QED) is 0.843. The summed E-state index contributed by atoms with van der Waals surface area (Å²) in [5.74, 6) is 0. The van der Waals surface area contributed by atoms with Crippen LogP contribution in [0.25, 0.3) is 0 Å². The van der Waals surface area contributed by atoms with Crippen molar-refractivity contribution < 1.29 is 10.2 Å². The zero-order valence-electron chi connectivity index (χ0n) is 10.3. The summed E-state index contributed by atoms with van der Waals surface area (Å²) in [5.41, 5.74) is 1.48. The van der Waals surface area contributed by atoms with Gasteiger partial charge in [-0.2, -0.15) is 0 Å². The van der Waals surface area contributed by atoms with Gasteiger partial charge in [0, 0.05) is 5.41 Å². The van der Waals surface area contributed by atoms with Crippen molar-refractivity contribution in [2.75, 3.05) is 13.2 Å². The van der Waals surface area contributed by atoms with Crippen LogP contribution in [0.2, 0.25) is 0 Å². The van der Waals surface area contributed by atoms with Gasteiger partial charge in [-0.1, -0.05) is 60.7 Å². The summed E-state index contributed by atoms with van der Waals surface area (Å²) < 4.78 is 0. The average Bonchev–Trinajstić information content (AvgIpc) is 2.47. The highest BCUT2D eigenvalue weighted by Gasteiger charge is 2.31. The summed E-state index contributed by atoms with van der Waals surface area (Å²) in [6.07, 6.45) is 0.630. The molecule has 0 aliphatic heterocycles. The molecule has 2 rings (SSSR count). The van der Waals surface area contributed by atoms with Crippen molar-refractivity contribution in [3.63, 3.8) is 0 Å². The first-order valence-corrected chi connectivity index (χ1v) is 6.12. The molecule has 0 saturated heterocycles. The van der Waals surface area contributed by atoms with Gasteiger partial charge >= 0.3 is 0 Å². The third kappa shape index (κ3) is 2.61. The normalized spacial score (nSPS) is 11.4. The summed E-state index contributed by atoms with van der Waals surface area (Å²) in [7, 11) is 0.